The number of halogens is 3. The number of amides is 1. The first-order valence-corrected chi connectivity index (χ1v) is 10.4. The number of carbonyl (C=O) groups excluding carboxylic acids is 1. The standard InChI is InChI=1S/C25H27F3N2O/c1-29-24(31)23(20-10-6-3-7-11-20)30-22(19-8-4-2-5-9-19)17-14-18-12-15-21(16-13-18)25(26,27)28/h2-10,12-13,15-16,20,22-23,30H,11,14,17H2,1H3,(H,29,31)/t20-,22-,23-/m1/s1. The van der Waals surface area contributed by atoms with Gasteiger partial charge in [0.15, 0.2) is 0 Å². The van der Waals surface area contributed by atoms with Crippen molar-refractivity contribution in [2.24, 2.45) is 5.92 Å². The average Bonchev–Trinajstić information content (AvgIpc) is 2.79. The number of carbonyl (C=O) groups is 1. The Bertz CT molecular complexity index is 905. The number of aryl methyl sites for hydroxylation is 1. The molecule has 0 saturated carbocycles. The third-order valence-electron chi connectivity index (χ3n) is 5.56. The van der Waals surface area contributed by atoms with Crippen LogP contribution in [0.3, 0.4) is 0 Å². The third kappa shape index (κ3) is 6.31. The molecular weight excluding hydrogens is 401 g/mol. The lowest BCUT2D eigenvalue weighted by Gasteiger charge is -2.30. The fourth-order valence-corrected chi connectivity index (χ4v) is 3.82. The van der Waals surface area contributed by atoms with Gasteiger partial charge < -0.3 is 5.32 Å². The Morgan fingerprint density at radius 2 is 1.77 bits per heavy atom. The van der Waals surface area contributed by atoms with Gasteiger partial charge >= 0.3 is 6.18 Å². The van der Waals surface area contributed by atoms with E-state index in [1.807, 2.05) is 54.6 Å². The zero-order valence-electron chi connectivity index (χ0n) is 17.4. The Labute approximate surface area is 181 Å². The van der Waals surface area contributed by atoms with Gasteiger partial charge in [0.05, 0.1) is 11.6 Å². The highest BCUT2D eigenvalue weighted by molar-refractivity contribution is 5.82. The predicted octanol–water partition coefficient (Wildman–Crippen LogP) is 5.22. The minimum atomic E-state index is -4.34. The van der Waals surface area contributed by atoms with Crippen molar-refractivity contribution in [3.63, 3.8) is 0 Å². The van der Waals surface area contributed by atoms with Crippen LogP contribution in [-0.4, -0.2) is 19.0 Å². The summed E-state index contributed by atoms with van der Waals surface area (Å²) in [6.07, 6.45) is 5.66. The van der Waals surface area contributed by atoms with Crippen molar-refractivity contribution in [1.29, 1.82) is 0 Å². The highest BCUT2D eigenvalue weighted by Crippen LogP contribution is 2.30. The van der Waals surface area contributed by atoms with Crippen LogP contribution >= 0.6 is 0 Å². The second-order valence-electron chi connectivity index (χ2n) is 7.67. The number of nitrogens with one attached hydrogen (secondary N) is 2. The van der Waals surface area contributed by atoms with Gasteiger partial charge in [-0.15, -0.1) is 0 Å². The lowest BCUT2D eigenvalue weighted by molar-refractivity contribution is -0.137. The van der Waals surface area contributed by atoms with Crippen LogP contribution < -0.4 is 10.6 Å². The van der Waals surface area contributed by atoms with Crippen LogP contribution in [0.25, 0.3) is 0 Å². The molecule has 1 aliphatic carbocycles. The second-order valence-corrected chi connectivity index (χ2v) is 7.67. The van der Waals surface area contributed by atoms with Crippen molar-refractivity contribution >= 4 is 5.91 Å². The van der Waals surface area contributed by atoms with Crippen LogP contribution in [-0.2, 0) is 17.4 Å². The molecule has 1 aliphatic rings. The van der Waals surface area contributed by atoms with Crippen LogP contribution in [0.5, 0.6) is 0 Å². The molecular formula is C25H27F3N2O. The summed E-state index contributed by atoms with van der Waals surface area (Å²) < 4.78 is 38.5. The molecule has 0 unspecified atom stereocenters. The molecule has 3 atom stereocenters. The van der Waals surface area contributed by atoms with Crippen LogP contribution in [0.2, 0.25) is 0 Å². The minimum absolute atomic E-state index is 0.0298. The van der Waals surface area contributed by atoms with E-state index in [1.54, 1.807) is 7.05 Å². The molecule has 2 N–H and O–H groups in total. The molecule has 0 aliphatic heterocycles. The Kier molecular flexibility index (Phi) is 7.69. The van der Waals surface area contributed by atoms with Crippen molar-refractivity contribution < 1.29 is 18.0 Å². The number of allylic oxidation sites excluding steroid dienone is 3. The number of rotatable bonds is 8. The maximum absolute atomic E-state index is 12.8. The SMILES string of the molecule is CNC(=O)[C@H](N[C@H](CCc1ccc(C(F)(F)F)cc1)c1ccccc1)[C@@H]1C=CC=CC1. The molecule has 1 amide bonds. The molecule has 3 nitrogen and oxygen atoms in total. The summed E-state index contributed by atoms with van der Waals surface area (Å²) in [4.78, 5) is 12.6. The van der Waals surface area contributed by atoms with E-state index in [0.29, 0.717) is 12.8 Å². The predicted molar refractivity (Wildman–Crippen MR) is 116 cm³/mol. The highest BCUT2D eigenvalue weighted by Gasteiger charge is 2.30. The highest BCUT2D eigenvalue weighted by atomic mass is 19.4. The van der Waals surface area contributed by atoms with Gasteiger partial charge in [-0.25, -0.2) is 0 Å². The van der Waals surface area contributed by atoms with E-state index in [1.165, 1.54) is 12.1 Å². The zero-order valence-corrected chi connectivity index (χ0v) is 17.4. The van der Waals surface area contributed by atoms with Gasteiger partial charge in [-0.05, 0) is 42.5 Å². The molecule has 31 heavy (non-hydrogen) atoms. The number of hydrogen-bond donors (Lipinski definition) is 2. The number of hydrogen-bond acceptors (Lipinski definition) is 2. The summed E-state index contributed by atoms with van der Waals surface area (Å²) >= 11 is 0. The monoisotopic (exact) mass is 428 g/mol. The van der Waals surface area contributed by atoms with E-state index in [9.17, 15) is 18.0 Å². The first-order valence-electron chi connectivity index (χ1n) is 10.4. The van der Waals surface area contributed by atoms with Crippen LogP contribution in [0.4, 0.5) is 13.2 Å². The first kappa shape index (κ1) is 22.8. The van der Waals surface area contributed by atoms with E-state index < -0.39 is 17.8 Å². The van der Waals surface area contributed by atoms with Gasteiger partial charge in [-0.3, -0.25) is 10.1 Å². The van der Waals surface area contributed by atoms with Gasteiger partial charge in [0, 0.05) is 19.0 Å². The number of likely N-dealkylation sites (N-methyl/N-ethyl adjacent to an activating group) is 1. The minimum Gasteiger partial charge on any atom is -0.358 e. The zero-order chi connectivity index (χ0) is 22.3. The fraction of sp³-hybridized carbons (Fsp3) is 0.320. The van der Waals surface area contributed by atoms with Gasteiger partial charge in [-0.2, -0.15) is 13.2 Å². The van der Waals surface area contributed by atoms with Crippen molar-refractivity contribution in [1.82, 2.24) is 10.6 Å². The summed E-state index contributed by atoms with van der Waals surface area (Å²) in [7, 11) is 1.62. The summed E-state index contributed by atoms with van der Waals surface area (Å²) in [5.74, 6) is -0.0531. The van der Waals surface area contributed by atoms with Crippen molar-refractivity contribution in [3.8, 4) is 0 Å². The summed E-state index contributed by atoms with van der Waals surface area (Å²) in [6, 6.07) is 14.6. The quantitative estimate of drug-likeness (QED) is 0.606. The second kappa shape index (κ2) is 10.4. The smallest absolute Gasteiger partial charge is 0.358 e. The molecule has 164 valence electrons. The van der Waals surface area contributed by atoms with Gasteiger partial charge in [0.25, 0.3) is 0 Å². The molecule has 0 bridgehead atoms. The molecule has 2 aromatic carbocycles. The van der Waals surface area contributed by atoms with E-state index >= 15 is 0 Å². The molecule has 0 spiro atoms. The Balaban J connectivity index is 1.77. The molecule has 0 aromatic heterocycles. The summed E-state index contributed by atoms with van der Waals surface area (Å²) in [6.45, 7) is 0. The van der Waals surface area contributed by atoms with Crippen LogP contribution in [0, 0.1) is 5.92 Å². The lowest BCUT2D eigenvalue weighted by atomic mass is 9.89. The molecule has 0 heterocycles. The summed E-state index contributed by atoms with van der Waals surface area (Å²) in [5, 5.41) is 6.27. The Hall–Kier alpha value is -2.86. The maximum atomic E-state index is 12.8. The van der Waals surface area contributed by atoms with Gasteiger partial charge in [0.1, 0.15) is 0 Å². The van der Waals surface area contributed by atoms with Crippen molar-refractivity contribution in [2.75, 3.05) is 7.05 Å². The first-order chi connectivity index (χ1) is 14.9. The van der Waals surface area contributed by atoms with Crippen LogP contribution in [0.1, 0.15) is 35.6 Å². The number of benzene rings is 2. The molecule has 6 heteroatoms. The van der Waals surface area contributed by atoms with E-state index in [4.69, 9.17) is 0 Å². The normalized spacial score (nSPS) is 17.9. The third-order valence-corrected chi connectivity index (χ3v) is 5.56. The lowest BCUT2D eigenvalue weighted by Crippen LogP contribution is -2.48. The van der Waals surface area contributed by atoms with Gasteiger partial charge in [0.2, 0.25) is 5.91 Å². The largest absolute Gasteiger partial charge is 0.416 e. The van der Waals surface area contributed by atoms with E-state index in [2.05, 4.69) is 10.6 Å². The fourth-order valence-electron chi connectivity index (χ4n) is 3.82. The summed E-state index contributed by atoms with van der Waals surface area (Å²) in [5.41, 5.74) is 1.22. The molecule has 2 aromatic rings. The average molecular weight is 428 g/mol. The van der Waals surface area contributed by atoms with Crippen molar-refractivity contribution in [3.05, 3.63) is 95.6 Å². The molecule has 3 rings (SSSR count). The number of alkyl halides is 3. The molecule has 0 saturated heterocycles. The Morgan fingerprint density at radius 3 is 2.35 bits per heavy atom. The Morgan fingerprint density at radius 1 is 1.06 bits per heavy atom. The van der Waals surface area contributed by atoms with Crippen molar-refractivity contribution in [2.45, 2.75) is 37.5 Å². The topological polar surface area (TPSA) is 41.1 Å². The van der Waals surface area contributed by atoms with E-state index in [0.717, 1.165) is 29.7 Å². The molecule has 0 radical (unpaired) electrons. The molecule has 0 fully saturated rings. The van der Waals surface area contributed by atoms with Crippen LogP contribution in [0.15, 0.2) is 78.9 Å². The maximum Gasteiger partial charge on any atom is 0.416 e. The van der Waals surface area contributed by atoms with Gasteiger partial charge in [-0.1, -0.05) is 66.8 Å². The van der Waals surface area contributed by atoms with E-state index in [-0.39, 0.29) is 17.9 Å².